The van der Waals surface area contributed by atoms with Gasteiger partial charge in [0.05, 0.1) is 11.4 Å². The smallest absolute Gasteiger partial charge is 0.250 e. The molecule has 2 heterocycles. The molecule has 1 aromatic carbocycles. The summed E-state index contributed by atoms with van der Waals surface area (Å²) in [4.78, 5) is 12.2. The maximum Gasteiger partial charge on any atom is 0.250 e. The highest BCUT2D eigenvalue weighted by Crippen LogP contribution is 2.20. The van der Waals surface area contributed by atoms with Crippen LogP contribution in [0.4, 0.5) is 0 Å². The van der Waals surface area contributed by atoms with Gasteiger partial charge in [-0.25, -0.2) is 8.42 Å². The van der Waals surface area contributed by atoms with Crippen molar-refractivity contribution in [2.75, 3.05) is 13.1 Å². The van der Waals surface area contributed by atoms with Crippen LogP contribution >= 0.6 is 11.6 Å². The number of sulfonamides is 1. The maximum atomic E-state index is 12.6. The van der Waals surface area contributed by atoms with E-state index in [1.165, 1.54) is 27.2 Å². The average molecular weight is 353 g/mol. The van der Waals surface area contributed by atoms with Crippen molar-refractivity contribution in [3.63, 3.8) is 0 Å². The van der Waals surface area contributed by atoms with Gasteiger partial charge in [-0.1, -0.05) is 29.8 Å². The van der Waals surface area contributed by atoms with Gasteiger partial charge in [-0.05, 0) is 30.5 Å². The number of pyridine rings is 1. The van der Waals surface area contributed by atoms with Gasteiger partial charge in [0.1, 0.15) is 0 Å². The molecule has 3 rings (SSSR count). The number of nitrogens with zero attached hydrogens (tertiary/aromatic N) is 2. The molecule has 0 saturated carbocycles. The number of rotatable bonds is 4. The van der Waals surface area contributed by atoms with Crippen molar-refractivity contribution in [3.8, 4) is 0 Å². The first-order valence-electron chi connectivity index (χ1n) is 7.42. The second-order valence-electron chi connectivity index (χ2n) is 5.53. The van der Waals surface area contributed by atoms with Gasteiger partial charge in [0, 0.05) is 30.4 Å². The second-order valence-corrected chi connectivity index (χ2v) is 7.88. The first-order valence-corrected chi connectivity index (χ1v) is 9.24. The van der Waals surface area contributed by atoms with Crippen LogP contribution in [0.5, 0.6) is 0 Å². The molecule has 0 unspecified atom stereocenters. The van der Waals surface area contributed by atoms with E-state index in [4.69, 9.17) is 11.6 Å². The first-order chi connectivity index (χ1) is 11.0. The summed E-state index contributed by atoms with van der Waals surface area (Å²) in [6.45, 7) is 1.31. The zero-order chi connectivity index (χ0) is 16.4. The van der Waals surface area contributed by atoms with Crippen LogP contribution in [0, 0.1) is 0 Å². The van der Waals surface area contributed by atoms with Gasteiger partial charge in [0.15, 0.2) is 0 Å². The number of hydrogen-bond donors (Lipinski definition) is 0. The summed E-state index contributed by atoms with van der Waals surface area (Å²) in [5.74, 6) is 0. The van der Waals surface area contributed by atoms with Crippen LogP contribution in [0.3, 0.4) is 0 Å². The number of halogens is 1. The average Bonchev–Trinajstić information content (AvgIpc) is 3.06. The lowest BCUT2D eigenvalue weighted by atomic mass is 10.2. The Morgan fingerprint density at radius 2 is 1.74 bits per heavy atom. The molecule has 7 heteroatoms. The summed E-state index contributed by atoms with van der Waals surface area (Å²) in [5, 5.41) is 0.548. The normalized spacial score (nSPS) is 15.9. The number of benzene rings is 1. The molecular formula is C16H17ClN2O3S. The van der Waals surface area contributed by atoms with Crippen molar-refractivity contribution < 1.29 is 8.42 Å². The largest absolute Gasteiger partial charge is 0.310 e. The Kier molecular flexibility index (Phi) is 4.57. The standard InChI is InChI=1S/C16H17ClN2O3S/c17-15-6-2-1-5-13(15)11-18-12-14(7-8-16(18)20)23(21,22)19-9-3-4-10-19/h1-2,5-8,12H,3-4,9-11H2. The summed E-state index contributed by atoms with van der Waals surface area (Å²) in [6.07, 6.45) is 3.15. The fraction of sp³-hybridized carbons (Fsp3) is 0.312. The van der Waals surface area contributed by atoms with Crippen molar-refractivity contribution in [1.82, 2.24) is 8.87 Å². The summed E-state index contributed by atoms with van der Waals surface area (Å²) < 4.78 is 28.0. The molecule has 0 amide bonds. The van der Waals surface area contributed by atoms with Gasteiger partial charge in [-0.3, -0.25) is 4.79 Å². The highest BCUT2D eigenvalue weighted by molar-refractivity contribution is 7.89. The molecule has 5 nitrogen and oxygen atoms in total. The minimum absolute atomic E-state index is 0.144. The molecule has 1 fully saturated rings. The Labute approximate surface area is 140 Å². The predicted molar refractivity (Wildman–Crippen MR) is 89.2 cm³/mol. The molecule has 0 radical (unpaired) electrons. The van der Waals surface area contributed by atoms with Crippen LogP contribution in [0.2, 0.25) is 5.02 Å². The van der Waals surface area contributed by atoms with Crippen LogP contribution in [-0.2, 0) is 16.6 Å². The third kappa shape index (κ3) is 3.34. The molecule has 2 aromatic rings. The summed E-state index contributed by atoms with van der Waals surface area (Å²) >= 11 is 6.12. The lowest BCUT2D eigenvalue weighted by molar-refractivity contribution is 0.476. The molecule has 0 atom stereocenters. The zero-order valence-corrected chi connectivity index (χ0v) is 14.1. The Morgan fingerprint density at radius 3 is 2.43 bits per heavy atom. The van der Waals surface area contributed by atoms with Crippen LogP contribution in [0.25, 0.3) is 0 Å². The van der Waals surface area contributed by atoms with Crippen molar-refractivity contribution in [2.24, 2.45) is 0 Å². The fourth-order valence-electron chi connectivity index (χ4n) is 2.67. The SMILES string of the molecule is O=c1ccc(S(=O)(=O)N2CCCC2)cn1Cc1ccccc1Cl. The molecule has 0 spiro atoms. The third-order valence-electron chi connectivity index (χ3n) is 3.96. The molecule has 0 bridgehead atoms. The van der Waals surface area contributed by atoms with Gasteiger partial charge >= 0.3 is 0 Å². The summed E-state index contributed by atoms with van der Waals surface area (Å²) in [5.41, 5.74) is 0.511. The van der Waals surface area contributed by atoms with Crippen molar-refractivity contribution in [2.45, 2.75) is 24.3 Å². The van der Waals surface area contributed by atoms with E-state index in [9.17, 15) is 13.2 Å². The molecule has 1 aromatic heterocycles. The third-order valence-corrected chi connectivity index (χ3v) is 6.21. The molecule has 23 heavy (non-hydrogen) atoms. The monoisotopic (exact) mass is 352 g/mol. The Bertz CT molecular complexity index is 871. The second kappa shape index (κ2) is 6.47. The van der Waals surface area contributed by atoms with E-state index < -0.39 is 10.0 Å². The Hall–Kier alpha value is -1.63. The molecule has 1 saturated heterocycles. The van der Waals surface area contributed by atoms with Crippen molar-refractivity contribution >= 4 is 21.6 Å². The van der Waals surface area contributed by atoms with Crippen molar-refractivity contribution in [1.29, 1.82) is 0 Å². The Morgan fingerprint density at radius 1 is 1.04 bits per heavy atom. The van der Waals surface area contributed by atoms with Gasteiger partial charge in [0.2, 0.25) is 10.0 Å². The minimum atomic E-state index is -3.54. The quantitative estimate of drug-likeness (QED) is 0.848. The van der Waals surface area contributed by atoms with Gasteiger partial charge in [-0.2, -0.15) is 4.31 Å². The van der Waals surface area contributed by atoms with Gasteiger partial charge < -0.3 is 4.57 Å². The lowest BCUT2D eigenvalue weighted by Crippen LogP contribution is -2.29. The van der Waals surface area contributed by atoms with E-state index in [0.717, 1.165) is 18.4 Å². The highest BCUT2D eigenvalue weighted by atomic mass is 35.5. The molecule has 0 N–H and O–H groups in total. The summed E-state index contributed by atoms with van der Waals surface area (Å²) in [6, 6.07) is 9.86. The fourth-order valence-corrected chi connectivity index (χ4v) is 4.41. The maximum absolute atomic E-state index is 12.6. The predicted octanol–water partition coefficient (Wildman–Crippen LogP) is 2.33. The van der Waals surface area contributed by atoms with E-state index in [1.807, 2.05) is 18.2 Å². The van der Waals surface area contributed by atoms with Gasteiger partial charge in [-0.15, -0.1) is 0 Å². The summed E-state index contributed by atoms with van der Waals surface area (Å²) in [7, 11) is -3.54. The van der Waals surface area contributed by atoms with Crippen LogP contribution in [-0.4, -0.2) is 30.4 Å². The van der Waals surface area contributed by atoms with Crippen LogP contribution < -0.4 is 5.56 Å². The molecule has 0 aliphatic carbocycles. The van der Waals surface area contributed by atoms with E-state index in [1.54, 1.807) is 6.07 Å². The molecule has 1 aliphatic rings. The number of aromatic nitrogens is 1. The van der Waals surface area contributed by atoms with E-state index >= 15 is 0 Å². The van der Waals surface area contributed by atoms with E-state index in [-0.39, 0.29) is 17.0 Å². The Balaban J connectivity index is 1.97. The highest BCUT2D eigenvalue weighted by Gasteiger charge is 2.27. The lowest BCUT2D eigenvalue weighted by Gasteiger charge is -2.16. The van der Waals surface area contributed by atoms with Crippen molar-refractivity contribution in [3.05, 3.63) is 63.5 Å². The van der Waals surface area contributed by atoms with Gasteiger partial charge in [0.25, 0.3) is 5.56 Å². The van der Waals surface area contributed by atoms with Crippen LogP contribution in [0.1, 0.15) is 18.4 Å². The van der Waals surface area contributed by atoms with Crippen LogP contribution in [0.15, 0.2) is 52.3 Å². The topological polar surface area (TPSA) is 59.4 Å². The molecule has 122 valence electrons. The van der Waals surface area contributed by atoms with E-state index in [0.29, 0.717) is 18.1 Å². The van der Waals surface area contributed by atoms with E-state index in [2.05, 4.69) is 0 Å². The zero-order valence-electron chi connectivity index (χ0n) is 12.5. The molecular weight excluding hydrogens is 336 g/mol. The minimum Gasteiger partial charge on any atom is -0.310 e. The molecule has 1 aliphatic heterocycles. The first kappa shape index (κ1) is 16.2. The number of hydrogen-bond acceptors (Lipinski definition) is 3.